The number of hydrogen-bond donors (Lipinski definition) is 2. The van der Waals surface area contributed by atoms with Crippen LogP contribution in [0.1, 0.15) is 35.1 Å². The molecule has 21 heavy (non-hydrogen) atoms. The number of carbonyl (C=O) groups excluding carboxylic acids is 1. The Balaban J connectivity index is 1.71. The van der Waals surface area contributed by atoms with Gasteiger partial charge in [-0.1, -0.05) is 29.8 Å². The lowest BCUT2D eigenvalue weighted by molar-refractivity contribution is 0.0900. The summed E-state index contributed by atoms with van der Waals surface area (Å²) in [6.45, 7) is 2.66. The number of nitrogens with zero attached hydrogens (tertiary/aromatic N) is 2. The van der Waals surface area contributed by atoms with Crippen molar-refractivity contribution in [3.05, 3.63) is 41.6 Å². The van der Waals surface area contributed by atoms with E-state index < -0.39 is 0 Å². The summed E-state index contributed by atoms with van der Waals surface area (Å²) in [5.74, 6) is -0.0466. The number of aryl methyl sites for hydroxylation is 1. The van der Waals surface area contributed by atoms with Crippen LogP contribution in [0.25, 0.3) is 11.3 Å². The molecule has 0 radical (unpaired) electrons. The number of benzene rings is 1. The molecule has 108 valence electrons. The monoisotopic (exact) mass is 282 g/mol. The van der Waals surface area contributed by atoms with Crippen molar-refractivity contribution in [1.29, 1.82) is 0 Å². The van der Waals surface area contributed by atoms with Gasteiger partial charge in [-0.25, -0.2) is 4.68 Å². The fraction of sp³-hybridized carbons (Fsp3) is 0.375. The predicted molar refractivity (Wildman–Crippen MR) is 79.9 cm³/mol. The number of amides is 1. The normalized spacial score (nSPS) is 21.0. The first-order chi connectivity index (χ1) is 10.2. The summed E-state index contributed by atoms with van der Waals surface area (Å²) in [7, 11) is 0. The van der Waals surface area contributed by atoms with Gasteiger partial charge in [0.1, 0.15) is 11.9 Å². The van der Waals surface area contributed by atoms with E-state index in [4.69, 9.17) is 0 Å². The van der Waals surface area contributed by atoms with E-state index in [-0.39, 0.29) is 12.1 Å². The van der Waals surface area contributed by atoms with Crippen LogP contribution >= 0.6 is 0 Å². The van der Waals surface area contributed by atoms with Gasteiger partial charge in [0.2, 0.25) is 0 Å². The molecule has 1 atom stereocenters. The van der Waals surface area contributed by atoms with Crippen LogP contribution in [0, 0.1) is 6.92 Å². The van der Waals surface area contributed by atoms with Gasteiger partial charge in [0.05, 0.1) is 12.2 Å². The summed E-state index contributed by atoms with van der Waals surface area (Å²) in [6.07, 6.45) is 2.49. The van der Waals surface area contributed by atoms with E-state index in [1.54, 1.807) is 0 Å². The van der Waals surface area contributed by atoms with E-state index in [0.717, 1.165) is 11.3 Å². The van der Waals surface area contributed by atoms with Gasteiger partial charge in [0, 0.05) is 11.6 Å². The molecule has 0 saturated heterocycles. The molecule has 1 amide bonds. The second-order valence-corrected chi connectivity index (χ2v) is 5.89. The third kappa shape index (κ3) is 2.34. The van der Waals surface area contributed by atoms with Crippen LogP contribution in [-0.4, -0.2) is 28.3 Å². The van der Waals surface area contributed by atoms with E-state index in [2.05, 4.69) is 34.8 Å². The van der Waals surface area contributed by atoms with E-state index >= 15 is 0 Å². The highest BCUT2D eigenvalue weighted by atomic mass is 16.2. The Bertz CT molecular complexity index is 685. The Morgan fingerprint density at radius 2 is 2.05 bits per heavy atom. The van der Waals surface area contributed by atoms with Crippen molar-refractivity contribution in [3.8, 4) is 11.3 Å². The summed E-state index contributed by atoms with van der Waals surface area (Å²) < 4.78 is 1.84. The number of carbonyl (C=O) groups is 1. The Morgan fingerprint density at radius 3 is 2.76 bits per heavy atom. The first-order valence-electron chi connectivity index (χ1n) is 7.41. The number of fused-ring (bicyclic) bond motifs is 1. The Hall–Kier alpha value is -2.14. The number of nitrogens with one attached hydrogen (secondary N) is 2. The second-order valence-electron chi connectivity index (χ2n) is 5.89. The molecule has 2 N–H and O–H groups in total. The number of rotatable bonds is 3. The third-order valence-electron chi connectivity index (χ3n) is 4.07. The van der Waals surface area contributed by atoms with Gasteiger partial charge in [0.15, 0.2) is 0 Å². The van der Waals surface area contributed by atoms with Gasteiger partial charge < -0.3 is 5.32 Å². The molecule has 1 saturated carbocycles. The van der Waals surface area contributed by atoms with Crippen molar-refractivity contribution in [1.82, 2.24) is 20.4 Å². The minimum atomic E-state index is -0.0466. The molecule has 5 nitrogen and oxygen atoms in total. The molecule has 5 heteroatoms. The molecule has 0 unspecified atom stereocenters. The van der Waals surface area contributed by atoms with Crippen LogP contribution in [0.5, 0.6) is 0 Å². The predicted octanol–water partition coefficient (Wildman–Crippen LogP) is 1.85. The summed E-state index contributed by atoms with van der Waals surface area (Å²) >= 11 is 0. The zero-order chi connectivity index (χ0) is 14.4. The van der Waals surface area contributed by atoms with Crippen LogP contribution in [-0.2, 0) is 0 Å². The highest BCUT2D eigenvalue weighted by Crippen LogP contribution is 2.26. The van der Waals surface area contributed by atoms with Crippen LogP contribution in [0.2, 0.25) is 0 Å². The number of aromatic nitrogens is 2. The van der Waals surface area contributed by atoms with Gasteiger partial charge in [-0.05, 0) is 25.8 Å². The van der Waals surface area contributed by atoms with Crippen molar-refractivity contribution < 1.29 is 4.79 Å². The molecule has 1 aliphatic carbocycles. The zero-order valence-electron chi connectivity index (χ0n) is 12.0. The molecule has 2 heterocycles. The molecular weight excluding hydrogens is 264 g/mol. The molecule has 2 aliphatic rings. The van der Waals surface area contributed by atoms with E-state index in [1.165, 1.54) is 18.4 Å². The van der Waals surface area contributed by atoms with Gasteiger partial charge in [-0.3, -0.25) is 10.1 Å². The molecule has 1 fully saturated rings. The van der Waals surface area contributed by atoms with E-state index in [9.17, 15) is 4.79 Å². The molecule has 2 aromatic rings. The summed E-state index contributed by atoms with van der Waals surface area (Å²) in [5.41, 5.74) is 3.74. The molecule has 1 aromatic carbocycles. The quantitative estimate of drug-likeness (QED) is 0.903. The fourth-order valence-corrected chi connectivity index (χ4v) is 2.69. The Labute approximate surface area is 123 Å². The molecule has 1 aromatic heterocycles. The topological polar surface area (TPSA) is 59.0 Å². The summed E-state index contributed by atoms with van der Waals surface area (Å²) in [4.78, 5) is 12.0. The highest BCUT2D eigenvalue weighted by molar-refractivity contribution is 5.94. The van der Waals surface area contributed by atoms with Crippen LogP contribution in [0.3, 0.4) is 0 Å². The van der Waals surface area contributed by atoms with E-state index in [0.29, 0.717) is 18.3 Å². The van der Waals surface area contributed by atoms with Crippen molar-refractivity contribution in [2.45, 2.75) is 32.0 Å². The molecule has 0 spiro atoms. The van der Waals surface area contributed by atoms with Gasteiger partial charge >= 0.3 is 0 Å². The lowest BCUT2D eigenvalue weighted by Gasteiger charge is -2.25. The SMILES string of the molecule is Cc1ccc(-c2cc3n(n2)[C@@H](NC2CC2)CNC3=O)cc1. The minimum Gasteiger partial charge on any atom is -0.347 e. The maximum absolute atomic E-state index is 12.0. The Kier molecular flexibility index (Phi) is 2.82. The molecular formula is C16H18N4O. The number of hydrogen-bond acceptors (Lipinski definition) is 3. The average Bonchev–Trinajstić information content (AvgIpc) is 3.18. The van der Waals surface area contributed by atoms with Crippen molar-refractivity contribution >= 4 is 5.91 Å². The van der Waals surface area contributed by atoms with Crippen molar-refractivity contribution in [2.75, 3.05) is 6.54 Å². The fourth-order valence-electron chi connectivity index (χ4n) is 2.69. The van der Waals surface area contributed by atoms with Gasteiger partial charge in [0.25, 0.3) is 5.91 Å². The summed E-state index contributed by atoms with van der Waals surface area (Å²) in [6, 6.07) is 10.7. The first-order valence-corrected chi connectivity index (χ1v) is 7.41. The lowest BCUT2D eigenvalue weighted by atomic mass is 10.1. The smallest absolute Gasteiger partial charge is 0.269 e. The maximum atomic E-state index is 12.0. The standard InChI is InChI=1S/C16H18N4O/c1-10-2-4-11(5-3-10)13-8-14-16(21)17-9-15(20(14)19-13)18-12-6-7-12/h2-5,8,12,15,18H,6-7,9H2,1H3,(H,17,21)/t15-/m1/s1. The van der Waals surface area contributed by atoms with Crippen LogP contribution in [0.4, 0.5) is 0 Å². The van der Waals surface area contributed by atoms with Crippen molar-refractivity contribution in [3.63, 3.8) is 0 Å². The van der Waals surface area contributed by atoms with Crippen LogP contribution < -0.4 is 10.6 Å². The molecule has 0 bridgehead atoms. The summed E-state index contributed by atoms with van der Waals surface area (Å²) in [5, 5.41) is 11.1. The first kappa shape index (κ1) is 12.6. The van der Waals surface area contributed by atoms with Crippen molar-refractivity contribution in [2.24, 2.45) is 0 Å². The Morgan fingerprint density at radius 1 is 1.29 bits per heavy atom. The van der Waals surface area contributed by atoms with Crippen LogP contribution in [0.15, 0.2) is 30.3 Å². The third-order valence-corrected chi connectivity index (χ3v) is 4.07. The average molecular weight is 282 g/mol. The highest BCUT2D eigenvalue weighted by Gasteiger charge is 2.31. The van der Waals surface area contributed by atoms with Gasteiger partial charge in [-0.2, -0.15) is 5.10 Å². The van der Waals surface area contributed by atoms with Gasteiger partial charge in [-0.15, -0.1) is 0 Å². The minimum absolute atomic E-state index is 0.0466. The lowest BCUT2D eigenvalue weighted by Crippen LogP contribution is -2.45. The zero-order valence-corrected chi connectivity index (χ0v) is 12.0. The van der Waals surface area contributed by atoms with E-state index in [1.807, 2.05) is 22.9 Å². The molecule has 1 aliphatic heterocycles. The maximum Gasteiger partial charge on any atom is 0.269 e. The molecule has 4 rings (SSSR count). The second kappa shape index (κ2) is 4.70. The largest absolute Gasteiger partial charge is 0.347 e.